The third kappa shape index (κ3) is 45.2. The van der Waals surface area contributed by atoms with Gasteiger partial charge in [-0.05, 0) is 116 Å². The molecule has 0 rings (SSSR count). The quantitative estimate of drug-likeness (QED) is 0.0264. The molecule has 0 spiro atoms. The molecule has 0 aliphatic rings. The second-order valence-electron chi connectivity index (χ2n) is 15.2. The van der Waals surface area contributed by atoms with Crippen LogP contribution in [0.15, 0.2) is 109 Å². The van der Waals surface area contributed by atoms with Crippen molar-refractivity contribution < 1.29 is 28.6 Å². The monoisotopic (exact) mass is 831 g/mol. The lowest BCUT2D eigenvalue weighted by Gasteiger charge is -2.18. The summed E-state index contributed by atoms with van der Waals surface area (Å²) in [6.45, 7) is 6.27. The maximum absolute atomic E-state index is 12.7. The summed E-state index contributed by atoms with van der Waals surface area (Å²) in [5, 5.41) is 0. The number of hydrogen-bond donors (Lipinski definition) is 0. The number of unbranched alkanes of at least 4 members (excludes halogenated alkanes) is 12. The van der Waals surface area contributed by atoms with E-state index >= 15 is 0 Å². The van der Waals surface area contributed by atoms with E-state index in [9.17, 15) is 14.4 Å². The molecule has 0 aliphatic carbocycles. The average Bonchev–Trinajstić information content (AvgIpc) is 3.24. The molecular weight excluding hydrogens is 745 g/mol. The number of rotatable bonds is 41. The predicted molar refractivity (Wildman–Crippen MR) is 256 cm³/mol. The molecule has 0 aromatic heterocycles. The number of ether oxygens (including phenoxy) is 3. The summed E-state index contributed by atoms with van der Waals surface area (Å²) >= 11 is 0. The Balaban J connectivity index is 4.56. The van der Waals surface area contributed by atoms with Crippen molar-refractivity contribution in [3.63, 3.8) is 0 Å². The van der Waals surface area contributed by atoms with Gasteiger partial charge >= 0.3 is 17.9 Å². The standard InChI is InChI=1S/C54H86O6/c1-4-7-10-13-16-19-22-25-26-27-28-30-32-35-38-41-44-47-53(56)59-50-51(49-58-52(55)46-43-40-37-34-31-24-21-18-15-12-9-6-3)60-54(57)48-45-42-39-36-33-29-23-20-17-14-11-8-5-2/h7,9-10,12,16,18-19,21,25-26,28-31,33-35,38,51H,4-6,8,11,13-15,17,20,22-24,27,32,36-37,39-50H2,1-3H3/b10-7-,12-9-,19-16-,21-18-,26-25-,30-28-,33-29-,34-31-,38-35-. The minimum atomic E-state index is -0.824. The molecule has 60 heavy (non-hydrogen) atoms. The van der Waals surface area contributed by atoms with Crippen LogP contribution in [0.1, 0.15) is 194 Å². The third-order valence-corrected chi connectivity index (χ3v) is 9.49. The number of hydrogen-bond acceptors (Lipinski definition) is 6. The first-order valence-electron chi connectivity index (χ1n) is 23.9. The Morgan fingerprint density at radius 3 is 1.13 bits per heavy atom. The maximum atomic E-state index is 12.7. The van der Waals surface area contributed by atoms with E-state index in [-0.39, 0.29) is 44.0 Å². The molecule has 0 heterocycles. The van der Waals surface area contributed by atoms with Crippen molar-refractivity contribution in [3.8, 4) is 0 Å². The zero-order valence-electron chi connectivity index (χ0n) is 38.4. The van der Waals surface area contributed by atoms with Gasteiger partial charge in [0.25, 0.3) is 0 Å². The topological polar surface area (TPSA) is 78.9 Å². The van der Waals surface area contributed by atoms with Crippen LogP contribution >= 0.6 is 0 Å². The molecule has 338 valence electrons. The smallest absolute Gasteiger partial charge is 0.306 e. The molecule has 6 nitrogen and oxygen atoms in total. The summed E-state index contributed by atoms with van der Waals surface area (Å²) in [7, 11) is 0. The Hall–Kier alpha value is -3.93. The van der Waals surface area contributed by atoms with E-state index in [1.165, 1.54) is 38.5 Å². The molecule has 6 heteroatoms. The SMILES string of the molecule is CC/C=C\C/C=C\C/C=C\C/C=C\C/C=C\CCCC(=O)OCC(COC(=O)CCCC/C=C\C/C=C\C/C=C\CC)OC(=O)CCCCC/C=C\CCCCCCCC. The molecule has 1 atom stereocenters. The Labute approximate surface area is 368 Å². The van der Waals surface area contributed by atoms with E-state index in [1.54, 1.807) is 0 Å². The first-order valence-corrected chi connectivity index (χ1v) is 23.9. The fourth-order valence-corrected chi connectivity index (χ4v) is 5.95. The minimum absolute atomic E-state index is 0.124. The van der Waals surface area contributed by atoms with Gasteiger partial charge in [0.2, 0.25) is 0 Å². The van der Waals surface area contributed by atoms with Gasteiger partial charge in [-0.15, -0.1) is 0 Å². The van der Waals surface area contributed by atoms with E-state index in [0.717, 1.165) is 103 Å². The fourth-order valence-electron chi connectivity index (χ4n) is 5.95. The van der Waals surface area contributed by atoms with Gasteiger partial charge in [0.1, 0.15) is 13.2 Å². The van der Waals surface area contributed by atoms with Crippen LogP contribution in [-0.2, 0) is 28.6 Å². The maximum Gasteiger partial charge on any atom is 0.306 e. The zero-order chi connectivity index (χ0) is 43.7. The van der Waals surface area contributed by atoms with Crippen LogP contribution in [-0.4, -0.2) is 37.2 Å². The van der Waals surface area contributed by atoms with Crippen molar-refractivity contribution in [3.05, 3.63) is 109 Å². The first kappa shape index (κ1) is 56.1. The minimum Gasteiger partial charge on any atom is -0.462 e. The highest BCUT2D eigenvalue weighted by atomic mass is 16.6. The first-order chi connectivity index (χ1) is 29.5. The number of carbonyl (C=O) groups is 3. The third-order valence-electron chi connectivity index (χ3n) is 9.49. The summed E-state index contributed by atoms with van der Waals surface area (Å²) in [4.78, 5) is 37.8. The molecule has 0 saturated carbocycles. The van der Waals surface area contributed by atoms with Gasteiger partial charge < -0.3 is 14.2 Å². The lowest BCUT2D eigenvalue weighted by atomic mass is 10.1. The van der Waals surface area contributed by atoms with Gasteiger partial charge in [0.15, 0.2) is 6.10 Å². The van der Waals surface area contributed by atoms with Crippen LogP contribution in [0.4, 0.5) is 0 Å². The largest absolute Gasteiger partial charge is 0.462 e. The van der Waals surface area contributed by atoms with Gasteiger partial charge in [-0.25, -0.2) is 0 Å². The van der Waals surface area contributed by atoms with Gasteiger partial charge in [-0.3, -0.25) is 14.4 Å². The van der Waals surface area contributed by atoms with Crippen LogP contribution in [0, 0.1) is 0 Å². The molecule has 0 amide bonds. The summed E-state index contributed by atoms with van der Waals surface area (Å²) in [6, 6.07) is 0. The molecule has 1 unspecified atom stereocenters. The normalized spacial score (nSPS) is 13.1. The molecule has 0 fully saturated rings. The lowest BCUT2D eigenvalue weighted by molar-refractivity contribution is -0.167. The number of carbonyl (C=O) groups excluding carboxylic acids is 3. The van der Waals surface area contributed by atoms with Gasteiger partial charge in [0.05, 0.1) is 0 Å². The summed E-state index contributed by atoms with van der Waals surface area (Å²) in [5.74, 6) is -1.05. The highest BCUT2D eigenvalue weighted by Gasteiger charge is 2.19. The molecular formula is C54H86O6. The lowest BCUT2D eigenvalue weighted by Crippen LogP contribution is -2.30. The van der Waals surface area contributed by atoms with Gasteiger partial charge in [-0.2, -0.15) is 0 Å². The van der Waals surface area contributed by atoms with Crippen LogP contribution in [0.25, 0.3) is 0 Å². The predicted octanol–water partition coefficient (Wildman–Crippen LogP) is 15.6. The number of esters is 3. The molecule has 0 bridgehead atoms. The Morgan fingerprint density at radius 1 is 0.350 bits per heavy atom. The molecule has 0 radical (unpaired) electrons. The number of allylic oxidation sites excluding steroid dienone is 18. The second-order valence-corrected chi connectivity index (χ2v) is 15.2. The zero-order valence-corrected chi connectivity index (χ0v) is 38.4. The van der Waals surface area contributed by atoms with Crippen molar-refractivity contribution in [2.24, 2.45) is 0 Å². The van der Waals surface area contributed by atoms with E-state index < -0.39 is 6.10 Å². The second kappa shape index (κ2) is 47.7. The van der Waals surface area contributed by atoms with E-state index in [0.29, 0.717) is 19.3 Å². The molecule has 0 aromatic carbocycles. The Bertz CT molecular complexity index is 1280. The average molecular weight is 831 g/mol. The van der Waals surface area contributed by atoms with Crippen molar-refractivity contribution >= 4 is 17.9 Å². The summed E-state index contributed by atoms with van der Waals surface area (Å²) < 4.78 is 16.6. The Kier molecular flexibility index (Phi) is 44.6. The molecule has 0 aliphatic heterocycles. The van der Waals surface area contributed by atoms with Crippen LogP contribution in [0.2, 0.25) is 0 Å². The summed E-state index contributed by atoms with van der Waals surface area (Å²) in [5.41, 5.74) is 0. The van der Waals surface area contributed by atoms with Crippen LogP contribution in [0.3, 0.4) is 0 Å². The van der Waals surface area contributed by atoms with E-state index in [1.807, 2.05) is 0 Å². The molecule has 0 saturated heterocycles. The van der Waals surface area contributed by atoms with Crippen LogP contribution < -0.4 is 0 Å². The molecule has 0 aromatic rings. The van der Waals surface area contributed by atoms with E-state index in [2.05, 4.69) is 130 Å². The van der Waals surface area contributed by atoms with Crippen molar-refractivity contribution in [1.29, 1.82) is 0 Å². The van der Waals surface area contributed by atoms with Crippen molar-refractivity contribution in [2.45, 2.75) is 200 Å². The van der Waals surface area contributed by atoms with Crippen LogP contribution in [0.5, 0.6) is 0 Å². The van der Waals surface area contributed by atoms with Gasteiger partial charge in [0, 0.05) is 19.3 Å². The molecule has 0 N–H and O–H groups in total. The van der Waals surface area contributed by atoms with E-state index in [4.69, 9.17) is 14.2 Å². The highest BCUT2D eigenvalue weighted by molar-refractivity contribution is 5.71. The Morgan fingerprint density at radius 2 is 0.667 bits per heavy atom. The van der Waals surface area contributed by atoms with Crippen molar-refractivity contribution in [2.75, 3.05) is 13.2 Å². The fraction of sp³-hybridized carbons (Fsp3) is 0.611. The highest BCUT2D eigenvalue weighted by Crippen LogP contribution is 2.11. The van der Waals surface area contributed by atoms with Gasteiger partial charge in [-0.1, -0.05) is 169 Å². The van der Waals surface area contributed by atoms with Crippen molar-refractivity contribution in [1.82, 2.24) is 0 Å². The summed E-state index contributed by atoms with van der Waals surface area (Å²) in [6.07, 6.45) is 63.7.